The summed E-state index contributed by atoms with van der Waals surface area (Å²) in [4.78, 5) is 19.7. The first-order chi connectivity index (χ1) is 9.04. The Morgan fingerprint density at radius 1 is 1.58 bits per heavy atom. The number of anilines is 1. The fourth-order valence-corrected chi connectivity index (χ4v) is 2.71. The predicted octanol–water partition coefficient (Wildman–Crippen LogP) is 1.96. The van der Waals surface area contributed by atoms with Crippen molar-refractivity contribution in [2.24, 2.45) is 0 Å². The van der Waals surface area contributed by atoms with Gasteiger partial charge in [-0.1, -0.05) is 18.5 Å². The summed E-state index contributed by atoms with van der Waals surface area (Å²) >= 11 is 6.17. The van der Waals surface area contributed by atoms with E-state index in [9.17, 15) is 4.79 Å². The molecule has 0 aromatic carbocycles. The molecule has 1 saturated heterocycles. The van der Waals surface area contributed by atoms with Crippen LogP contribution in [0.4, 0.5) is 5.82 Å². The highest BCUT2D eigenvalue weighted by molar-refractivity contribution is 6.35. The lowest BCUT2D eigenvalue weighted by Gasteiger charge is -2.40. The van der Waals surface area contributed by atoms with E-state index in [2.05, 4.69) is 28.8 Å². The van der Waals surface area contributed by atoms with Crippen molar-refractivity contribution in [1.29, 1.82) is 0 Å². The van der Waals surface area contributed by atoms with Gasteiger partial charge in [0.2, 0.25) is 0 Å². The third-order valence-electron chi connectivity index (χ3n) is 3.65. The average Bonchev–Trinajstić information content (AvgIpc) is 2.39. The highest BCUT2D eigenvalue weighted by Crippen LogP contribution is 2.28. The topological polar surface area (TPSA) is 56.7 Å². The molecule has 6 heteroatoms. The number of pyridine rings is 1. The van der Waals surface area contributed by atoms with E-state index >= 15 is 0 Å². The lowest BCUT2D eigenvalue weighted by atomic mass is 10.1. The summed E-state index contributed by atoms with van der Waals surface area (Å²) in [7, 11) is 2.11. The maximum atomic E-state index is 11.1. The van der Waals surface area contributed by atoms with Gasteiger partial charge >= 0.3 is 5.97 Å². The van der Waals surface area contributed by atoms with Gasteiger partial charge in [-0.05, 0) is 19.5 Å². The molecule has 0 saturated carbocycles. The maximum absolute atomic E-state index is 11.1. The molecule has 0 spiro atoms. The summed E-state index contributed by atoms with van der Waals surface area (Å²) in [6.07, 6.45) is 2.55. The molecule has 0 aliphatic carbocycles. The van der Waals surface area contributed by atoms with Crippen LogP contribution in [0.5, 0.6) is 0 Å². The van der Waals surface area contributed by atoms with Gasteiger partial charge in [-0.3, -0.25) is 4.90 Å². The second-order valence-corrected chi connectivity index (χ2v) is 5.17. The molecule has 0 amide bonds. The number of rotatable bonds is 3. The first-order valence-electron chi connectivity index (χ1n) is 6.37. The van der Waals surface area contributed by atoms with E-state index in [0.29, 0.717) is 11.9 Å². The van der Waals surface area contributed by atoms with Crippen LogP contribution in [0.15, 0.2) is 12.3 Å². The van der Waals surface area contributed by atoms with Crippen molar-refractivity contribution in [2.75, 3.05) is 31.6 Å². The van der Waals surface area contributed by atoms with Gasteiger partial charge in [0.15, 0.2) is 0 Å². The third kappa shape index (κ3) is 2.82. The second-order valence-electron chi connectivity index (χ2n) is 4.79. The molecule has 2 rings (SSSR count). The van der Waals surface area contributed by atoms with Crippen LogP contribution in [0.25, 0.3) is 0 Å². The zero-order chi connectivity index (χ0) is 14.0. The summed E-state index contributed by atoms with van der Waals surface area (Å²) in [5.41, 5.74) is 0.110. The Bertz CT molecular complexity index is 481. The van der Waals surface area contributed by atoms with Crippen molar-refractivity contribution in [2.45, 2.75) is 19.4 Å². The molecule has 1 N–H and O–H groups in total. The Morgan fingerprint density at radius 3 is 2.95 bits per heavy atom. The van der Waals surface area contributed by atoms with E-state index in [1.165, 1.54) is 12.3 Å². The summed E-state index contributed by atoms with van der Waals surface area (Å²) in [5, 5.41) is 9.32. The Labute approximate surface area is 117 Å². The van der Waals surface area contributed by atoms with Crippen LogP contribution in [0.2, 0.25) is 5.02 Å². The number of hydrogen-bond acceptors (Lipinski definition) is 4. The Kier molecular flexibility index (Phi) is 4.27. The van der Waals surface area contributed by atoms with E-state index in [1.54, 1.807) is 0 Å². The van der Waals surface area contributed by atoms with Crippen molar-refractivity contribution in [1.82, 2.24) is 9.88 Å². The SMILES string of the molecule is CCC1CN(c2nccc(C(=O)O)c2Cl)CCN1C. The Morgan fingerprint density at radius 2 is 2.32 bits per heavy atom. The molecule has 1 aromatic heterocycles. The summed E-state index contributed by atoms with van der Waals surface area (Å²) in [6.45, 7) is 4.70. The lowest BCUT2D eigenvalue weighted by molar-refractivity contribution is 0.0697. The van der Waals surface area contributed by atoms with Crippen molar-refractivity contribution in [3.8, 4) is 0 Å². The van der Waals surface area contributed by atoms with Crippen LogP contribution >= 0.6 is 11.6 Å². The van der Waals surface area contributed by atoms with Crippen LogP contribution < -0.4 is 4.90 Å². The van der Waals surface area contributed by atoms with Crippen LogP contribution in [0.3, 0.4) is 0 Å². The molecule has 1 aliphatic heterocycles. The molecule has 1 atom stereocenters. The van der Waals surface area contributed by atoms with Gasteiger partial charge in [-0.25, -0.2) is 9.78 Å². The summed E-state index contributed by atoms with van der Waals surface area (Å²) in [6, 6.07) is 1.88. The third-order valence-corrected chi connectivity index (χ3v) is 4.02. The molecule has 104 valence electrons. The number of aromatic nitrogens is 1. The number of hydrogen-bond donors (Lipinski definition) is 1. The van der Waals surface area contributed by atoms with E-state index in [-0.39, 0.29) is 10.6 Å². The number of aromatic carboxylic acids is 1. The van der Waals surface area contributed by atoms with E-state index < -0.39 is 5.97 Å². The van der Waals surface area contributed by atoms with Crippen LogP contribution in [-0.4, -0.2) is 53.7 Å². The van der Waals surface area contributed by atoms with Gasteiger partial charge in [0.1, 0.15) is 5.82 Å². The minimum Gasteiger partial charge on any atom is -0.478 e. The summed E-state index contributed by atoms with van der Waals surface area (Å²) in [5.74, 6) is -0.442. The van der Waals surface area contributed by atoms with Gasteiger partial charge in [-0.15, -0.1) is 0 Å². The zero-order valence-corrected chi connectivity index (χ0v) is 11.9. The number of nitrogens with zero attached hydrogens (tertiary/aromatic N) is 3. The molecule has 1 unspecified atom stereocenters. The molecule has 2 heterocycles. The standard InChI is InChI=1S/C13H18ClN3O2/c1-3-9-8-17(7-6-16(9)2)12-11(14)10(13(18)19)4-5-15-12/h4-5,9H,3,6-8H2,1-2H3,(H,18,19). The number of carboxylic acid groups (broad SMARTS) is 1. The molecule has 0 radical (unpaired) electrons. The van der Waals surface area contributed by atoms with Gasteiger partial charge in [0.25, 0.3) is 0 Å². The number of halogens is 1. The Hall–Kier alpha value is -1.33. The smallest absolute Gasteiger partial charge is 0.337 e. The molecular weight excluding hydrogens is 266 g/mol. The van der Waals surface area contributed by atoms with Crippen molar-refractivity contribution in [3.63, 3.8) is 0 Å². The van der Waals surface area contributed by atoms with Crippen molar-refractivity contribution >= 4 is 23.4 Å². The second kappa shape index (κ2) is 5.75. The van der Waals surface area contributed by atoms with E-state index in [4.69, 9.17) is 16.7 Å². The molecule has 1 aromatic rings. The average molecular weight is 284 g/mol. The fraction of sp³-hybridized carbons (Fsp3) is 0.538. The Balaban J connectivity index is 2.27. The number of carboxylic acids is 1. The van der Waals surface area contributed by atoms with Gasteiger partial charge in [-0.2, -0.15) is 0 Å². The highest BCUT2D eigenvalue weighted by atomic mass is 35.5. The van der Waals surface area contributed by atoms with Gasteiger partial charge < -0.3 is 10.0 Å². The minimum atomic E-state index is -1.02. The zero-order valence-electron chi connectivity index (χ0n) is 11.1. The van der Waals surface area contributed by atoms with Crippen LogP contribution in [0.1, 0.15) is 23.7 Å². The fourth-order valence-electron chi connectivity index (χ4n) is 2.40. The summed E-state index contributed by atoms with van der Waals surface area (Å²) < 4.78 is 0. The van der Waals surface area contributed by atoms with Gasteiger partial charge in [0, 0.05) is 31.9 Å². The first kappa shape index (κ1) is 14.1. The highest BCUT2D eigenvalue weighted by Gasteiger charge is 2.26. The van der Waals surface area contributed by atoms with E-state index in [0.717, 1.165) is 26.1 Å². The van der Waals surface area contributed by atoms with Crippen LogP contribution in [-0.2, 0) is 0 Å². The van der Waals surface area contributed by atoms with E-state index in [1.807, 2.05) is 0 Å². The minimum absolute atomic E-state index is 0.110. The normalized spacial score (nSPS) is 20.6. The maximum Gasteiger partial charge on any atom is 0.337 e. The monoisotopic (exact) mass is 283 g/mol. The lowest BCUT2D eigenvalue weighted by Crippen LogP contribution is -2.51. The van der Waals surface area contributed by atoms with Crippen LogP contribution in [0, 0.1) is 0 Å². The largest absolute Gasteiger partial charge is 0.478 e. The molecule has 1 fully saturated rings. The number of piperazine rings is 1. The number of likely N-dealkylation sites (N-methyl/N-ethyl adjacent to an activating group) is 1. The van der Waals surface area contributed by atoms with Crippen molar-refractivity contribution in [3.05, 3.63) is 22.8 Å². The molecule has 1 aliphatic rings. The number of carbonyl (C=O) groups is 1. The molecule has 19 heavy (non-hydrogen) atoms. The first-order valence-corrected chi connectivity index (χ1v) is 6.75. The quantitative estimate of drug-likeness (QED) is 0.919. The van der Waals surface area contributed by atoms with Gasteiger partial charge in [0.05, 0.1) is 10.6 Å². The van der Waals surface area contributed by atoms with Crippen molar-refractivity contribution < 1.29 is 9.90 Å². The molecular formula is C13H18ClN3O2. The molecule has 5 nitrogen and oxygen atoms in total. The predicted molar refractivity (Wildman–Crippen MR) is 75.1 cm³/mol. The molecule has 0 bridgehead atoms.